The summed E-state index contributed by atoms with van der Waals surface area (Å²) in [6.45, 7) is -0.157. The summed E-state index contributed by atoms with van der Waals surface area (Å²) in [5.41, 5.74) is 0.161. The van der Waals surface area contributed by atoms with Crippen LogP contribution in [0.25, 0.3) is 10.6 Å². The molecular formula is C17H14F3N3OS. The maximum Gasteiger partial charge on any atom is 0.416 e. The second-order valence-electron chi connectivity index (χ2n) is 5.46. The quantitative estimate of drug-likeness (QED) is 0.744. The Bertz CT molecular complexity index is 871. The van der Waals surface area contributed by atoms with Gasteiger partial charge in [0.2, 0.25) is 0 Å². The molecule has 0 aliphatic heterocycles. The van der Waals surface area contributed by atoms with Gasteiger partial charge in [0.05, 0.1) is 16.1 Å². The number of H-pyrrole nitrogens is 1. The van der Waals surface area contributed by atoms with E-state index in [-0.39, 0.29) is 17.8 Å². The van der Waals surface area contributed by atoms with Crippen molar-refractivity contribution >= 4 is 17.2 Å². The number of aromatic amines is 1. The van der Waals surface area contributed by atoms with E-state index in [1.54, 1.807) is 6.07 Å². The van der Waals surface area contributed by atoms with Crippen LogP contribution < -0.4 is 0 Å². The zero-order valence-corrected chi connectivity index (χ0v) is 14.0. The van der Waals surface area contributed by atoms with E-state index in [1.165, 1.54) is 41.5 Å². The Morgan fingerprint density at radius 3 is 2.68 bits per heavy atom. The molecule has 0 radical (unpaired) electrons. The van der Waals surface area contributed by atoms with Gasteiger partial charge in [-0.05, 0) is 29.1 Å². The molecule has 0 atom stereocenters. The van der Waals surface area contributed by atoms with Crippen molar-refractivity contribution in [3.05, 3.63) is 64.7 Å². The highest BCUT2D eigenvalue weighted by molar-refractivity contribution is 7.13. The summed E-state index contributed by atoms with van der Waals surface area (Å²) in [4.78, 5) is 14.6. The molecule has 1 amide bonds. The molecule has 4 nitrogen and oxygen atoms in total. The average Bonchev–Trinajstić information content (AvgIpc) is 3.24. The van der Waals surface area contributed by atoms with Crippen LogP contribution in [0.4, 0.5) is 13.2 Å². The molecule has 0 aliphatic carbocycles. The fourth-order valence-electron chi connectivity index (χ4n) is 2.45. The lowest BCUT2D eigenvalue weighted by molar-refractivity contribution is -0.138. The van der Waals surface area contributed by atoms with Crippen LogP contribution in [-0.4, -0.2) is 28.1 Å². The molecule has 2 aromatic heterocycles. The molecule has 1 aromatic carbocycles. The van der Waals surface area contributed by atoms with E-state index in [9.17, 15) is 18.0 Å². The predicted octanol–water partition coefficient (Wildman–Crippen LogP) is 4.43. The first-order chi connectivity index (χ1) is 11.9. The van der Waals surface area contributed by atoms with E-state index in [0.717, 1.165) is 10.9 Å². The molecule has 1 N–H and O–H groups in total. The van der Waals surface area contributed by atoms with Crippen LogP contribution in [0.15, 0.2) is 47.8 Å². The van der Waals surface area contributed by atoms with Crippen molar-refractivity contribution in [1.82, 2.24) is 15.1 Å². The average molecular weight is 365 g/mol. The summed E-state index contributed by atoms with van der Waals surface area (Å²) < 4.78 is 39.2. The minimum atomic E-state index is -4.46. The Morgan fingerprint density at radius 2 is 2.00 bits per heavy atom. The van der Waals surface area contributed by atoms with Gasteiger partial charge >= 0.3 is 6.18 Å². The topological polar surface area (TPSA) is 49.0 Å². The number of amides is 1. The molecule has 25 heavy (non-hydrogen) atoms. The van der Waals surface area contributed by atoms with Gasteiger partial charge in [-0.1, -0.05) is 24.3 Å². The molecule has 3 rings (SSSR count). The fraction of sp³-hybridized carbons (Fsp3) is 0.176. The SMILES string of the molecule is CN(Cc1ccccc1C(F)(F)F)C(=O)c1cc(-c2cccs2)[nH]n1. The van der Waals surface area contributed by atoms with Gasteiger partial charge in [-0.25, -0.2) is 0 Å². The van der Waals surface area contributed by atoms with Gasteiger partial charge < -0.3 is 4.90 Å². The molecule has 8 heteroatoms. The molecule has 0 aliphatic rings. The minimum absolute atomic E-state index is 0.0415. The van der Waals surface area contributed by atoms with E-state index < -0.39 is 17.6 Å². The van der Waals surface area contributed by atoms with E-state index in [0.29, 0.717) is 5.69 Å². The Hall–Kier alpha value is -2.61. The molecule has 3 aromatic rings. The molecule has 0 saturated carbocycles. The molecule has 0 saturated heterocycles. The highest BCUT2D eigenvalue weighted by atomic mass is 32.1. The maximum absolute atomic E-state index is 13.1. The van der Waals surface area contributed by atoms with E-state index in [2.05, 4.69) is 10.2 Å². The number of hydrogen-bond donors (Lipinski definition) is 1. The second kappa shape index (κ2) is 6.72. The molecule has 0 unspecified atom stereocenters. The predicted molar refractivity (Wildman–Crippen MR) is 89.1 cm³/mol. The Balaban J connectivity index is 1.78. The third kappa shape index (κ3) is 3.74. The lowest BCUT2D eigenvalue weighted by atomic mass is 10.1. The standard InChI is InChI=1S/C17H14F3N3OS/c1-23(10-11-5-2-3-6-12(11)17(18,19)20)16(24)14-9-13(21-22-14)15-7-4-8-25-15/h2-9H,10H2,1H3,(H,21,22). The minimum Gasteiger partial charge on any atom is -0.336 e. The monoisotopic (exact) mass is 365 g/mol. The van der Waals surface area contributed by atoms with Crippen molar-refractivity contribution in [3.8, 4) is 10.6 Å². The maximum atomic E-state index is 13.1. The van der Waals surface area contributed by atoms with Crippen molar-refractivity contribution in [2.75, 3.05) is 7.05 Å². The third-order valence-electron chi connectivity index (χ3n) is 3.66. The number of aromatic nitrogens is 2. The number of carbonyl (C=O) groups excluding carboxylic acids is 1. The van der Waals surface area contributed by atoms with Crippen molar-refractivity contribution in [2.45, 2.75) is 12.7 Å². The van der Waals surface area contributed by atoms with Gasteiger partial charge in [0.25, 0.3) is 5.91 Å². The van der Waals surface area contributed by atoms with Crippen LogP contribution in [0.5, 0.6) is 0 Å². The van der Waals surface area contributed by atoms with Crippen LogP contribution in [0.1, 0.15) is 21.6 Å². The number of hydrogen-bond acceptors (Lipinski definition) is 3. The van der Waals surface area contributed by atoms with Gasteiger partial charge in [-0.2, -0.15) is 18.3 Å². The Morgan fingerprint density at radius 1 is 1.24 bits per heavy atom. The summed E-state index contributed by atoms with van der Waals surface area (Å²) in [5, 5.41) is 8.65. The number of carbonyl (C=O) groups is 1. The van der Waals surface area contributed by atoms with Crippen LogP contribution in [0.2, 0.25) is 0 Å². The normalized spacial score (nSPS) is 11.5. The molecule has 0 bridgehead atoms. The zero-order valence-electron chi connectivity index (χ0n) is 13.2. The zero-order chi connectivity index (χ0) is 18.0. The summed E-state index contributed by atoms with van der Waals surface area (Å²) >= 11 is 1.50. The van der Waals surface area contributed by atoms with Crippen LogP contribution >= 0.6 is 11.3 Å². The number of thiophene rings is 1. The highest BCUT2D eigenvalue weighted by Crippen LogP contribution is 2.32. The Kier molecular flexibility index (Phi) is 4.63. The summed E-state index contributed by atoms with van der Waals surface area (Å²) in [6.07, 6.45) is -4.46. The van der Waals surface area contributed by atoms with E-state index in [1.807, 2.05) is 17.5 Å². The molecular weight excluding hydrogens is 351 g/mol. The molecule has 0 fully saturated rings. The van der Waals surface area contributed by atoms with Gasteiger partial charge in [-0.3, -0.25) is 9.89 Å². The lowest BCUT2D eigenvalue weighted by Gasteiger charge is -2.19. The number of nitrogens with one attached hydrogen (secondary N) is 1. The number of benzene rings is 1. The first-order valence-electron chi connectivity index (χ1n) is 7.36. The second-order valence-corrected chi connectivity index (χ2v) is 6.41. The summed E-state index contributed by atoms with van der Waals surface area (Å²) in [6, 6.07) is 10.6. The molecule has 2 heterocycles. The first-order valence-corrected chi connectivity index (χ1v) is 8.24. The van der Waals surface area contributed by atoms with Gasteiger partial charge in [0.1, 0.15) is 0 Å². The number of nitrogens with zero attached hydrogens (tertiary/aromatic N) is 2. The lowest BCUT2D eigenvalue weighted by Crippen LogP contribution is -2.27. The van der Waals surface area contributed by atoms with Crippen molar-refractivity contribution in [3.63, 3.8) is 0 Å². The number of alkyl halides is 3. The largest absolute Gasteiger partial charge is 0.416 e. The molecule has 130 valence electrons. The van der Waals surface area contributed by atoms with Crippen LogP contribution in [-0.2, 0) is 12.7 Å². The molecule has 0 spiro atoms. The van der Waals surface area contributed by atoms with Crippen LogP contribution in [0.3, 0.4) is 0 Å². The van der Waals surface area contributed by atoms with Gasteiger partial charge in [0, 0.05) is 13.6 Å². The van der Waals surface area contributed by atoms with Crippen molar-refractivity contribution in [1.29, 1.82) is 0 Å². The van der Waals surface area contributed by atoms with Crippen LogP contribution in [0, 0.1) is 0 Å². The van der Waals surface area contributed by atoms with Crippen molar-refractivity contribution < 1.29 is 18.0 Å². The summed E-state index contributed by atoms with van der Waals surface area (Å²) in [7, 11) is 1.45. The smallest absolute Gasteiger partial charge is 0.336 e. The Labute approximate surface area is 145 Å². The van der Waals surface area contributed by atoms with E-state index in [4.69, 9.17) is 0 Å². The third-order valence-corrected chi connectivity index (χ3v) is 4.56. The van der Waals surface area contributed by atoms with E-state index >= 15 is 0 Å². The van der Waals surface area contributed by atoms with Crippen molar-refractivity contribution in [2.24, 2.45) is 0 Å². The fourth-order valence-corrected chi connectivity index (χ4v) is 3.14. The first kappa shape index (κ1) is 17.2. The number of rotatable bonds is 4. The number of halogens is 3. The summed E-state index contributed by atoms with van der Waals surface area (Å²) in [5.74, 6) is -0.448. The highest BCUT2D eigenvalue weighted by Gasteiger charge is 2.33. The van der Waals surface area contributed by atoms with Gasteiger partial charge in [0.15, 0.2) is 5.69 Å². The van der Waals surface area contributed by atoms with Gasteiger partial charge in [-0.15, -0.1) is 11.3 Å².